The molecule has 9 nitrogen and oxygen atoms in total. The Hall–Kier alpha value is -3.15. The lowest BCUT2D eigenvalue weighted by molar-refractivity contribution is -0.302. The molecule has 7 atom stereocenters. The van der Waals surface area contributed by atoms with Crippen LogP contribution in [0.25, 0.3) is 0 Å². The standard InChI is InChI=1S/C47H75NO8/c1-3-5-7-9-10-11-12-13-14-15-16-17-18-19-20-21-22-23-24-25-26-27-28-29-30-31-32-33-35-37-43(51)48-40(41(50)36-34-8-6-4-2)39-55-47-46(54)45(53)44(52)42(38-49)56-47/h5,7,10-11,13-14,16-17,19-20,22-23,25-26,28-29,34,36,40-42,44-47,49-50,52-54H,3-4,6,8-9,12,15,18,21,24,27,30-33,35,37-39H2,1-2H3,(H,48,51)/b7-5-,11-10-,14-13-,17-16-,20-19-,23-22-,26-25-,29-28-,36-34+. The monoisotopic (exact) mass is 782 g/mol. The smallest absolute Gasteiger partial charge is 0.220 e. The fraction of sp³-hybridized carbons (Fsp3) is 0.596. The Morgan fingerprint density at radius 1 is 0.625 bits per heavy atom. The summed E-state index contributed by atoms with van der Waals surface area (Å²) in [7, 11) is 0. The van der Waals surface area contributed by atoms with E-state index in [1.807, 2.05) is 6.08 Å². The number of carbonyl (C=O) groups excluding carboxylic acids is 1. The molecular formula is C47H75NO8. The van der Waals surface area contributed by atoms with Crippen LogP contribution in [0.15, 0.2) is 109 Å². The van der Waals surface area contributed by atoms with Crippen LogP contribution in [0.4, 0.5) is 0 Å². The van der Waals surface area contributed by atoms with Gasteiger partial charge in [-0.1, -0.05) is 149 Å². The molecule has 1 amide bonds. The maximum absolute atomic E-state index is 12.8. The number of nitrogens with one attached hydrogen (secondary N) is 1. The number of ether oxygens (including phenoxy) is 2. The minimum atomic E-state index is -1.57. The molecule has 1 aliphatic rings. The van der Waals surface area contributed by atoms with E-state index >= 15 is 0 Å². The Morgan fingerprint density at radius 2 is 1.11 bits per heavy atom. The SMILES string of the molecule is CC/C=C\C/C=C\C/C=C\C/C=C\C/C=C\C/C=C\C/C=C\C/C=C\CCCCCCC(=O)NC(COC1OC(CO)C(O)C(O)C1O)C(O)/C=C/CCCC. The topological polar surface area (TPSA) is 149 Å². The van der Waals surface area contributed by atoms with Crippen LogP contribution in [0.5, 0.6) is 0 Å². The molecule has 0 aromatic heterocycles. The lowest BCUT2D eigenvalue weighted by Crippen LogP contribution is -2.60. The summed E-state index contributed by atoms with van der Waals surface area (Å²) in [5.74, 6) is -0.218. The van der Waals surface area contributed by atoms with Crippen molar-refractivity contribution >= 4 is 5.91 Å². The molecule has 316 valence electrons. The zero-order chi connectivity index (χ0) is 40.9. The molecule has 1 aliphatic heterocycles. The third-order valence-electron chi connectivity index (χ3n) is 9.10. The second-order valence-electron chi connectivity index (χ2n) is 14.0. The first-order chi connectivity index (χ1) is 27.3. The Labute approximate surface area is 338 Å². The summed E-state index contributed by atoms with van der Waals surface area (Å²) in [6.07, 6.45) is 46.3. The number of aliphatic hydroxyl groups excluding tert-OH is 5. The number of carbonyl (C=O) groups is 1. The van der Waals surface area contributed by atoms with Gasteiger partial charge in [-0.3, -0.25) is 4.79 Å². The zero-order valence-electron chi connectivity index (χ0n) is 34.3. The van der Waals surface area contributed by atoms with Crippen molar-refractivity contribution in [2.24, 2.45) is 0 Å². The van der Waals surface area contributed by atoms with Gasteiger partial charge >= 0.3 is 0 Å². The summed E-state index contributed by atoms with van der Waals surface area (Å²) in [6.45, 7) is 3.44. The molecule has 56 heavy (non-hydrogen) atoms. The second kappa shape index (κ2) is 36.2. The first-order valence-electron chi connectivity index (χ1n) is 21.1. The van der Waals surface area contributed by atoms with Gasteiger partial charge in [0, 0.05) is 6.42 Å². The van der Waals surface area contributed by atoms with Crippen LogP contribution < -0.4 is 5.32 Å². The molecule has 0 aromatic carbocycles. The number of rotatable bonds is 32. The summed E-state index contributed by atoms with van der Waals surface area (Å²) < 4.78 is 11.0. The number of hydrogen-bond acceptors (Lipinski definition) is 8. The van der Waals surface area contributed by atoms with Gasteiger partial charge < -0.3 is 40.3 Å². The van der Waals surface area contributed by atoms with Crippen LogP contribution in [0.2, 0.25) is 0 Å². The molecule has 0 aromatic rings. The Kier molecular flexibility index (Phi) is 32.9. The lowest BCUT2D eigenvalue weighted by atomic mass is 9.99. The van der Waals surface area contributed by atoms with E-state index in [1.165, 1.54) is 0 Å². The molecule has 6 N–H and O–H groups in total. The fourth-order valence-electron chi connectivity index (χ4n) is 5.68. The van der Waals surface area contributed by atoms with Crippen molar-refractivity contribution < 1.29 is 39.8 Å². The normalized spacial score (nSPS) is 22.3. The molecule has 7 unspecified atom stereocenters. The van der Waals surface area contributed by atoms with E-state index < -0.39 is 49.5 Å². The van der Waals surface area contributed by atoms with Crippen LogP contribution in [-0.2, 0) is 14.3 Å². The quantitative estimate of drug-likeness (QED) is 0.0295. The zero-order valence-corrected chi connectivity index (χ0v) is 34.3. The minimum absolute atomic E-state index is 0.211. The van der Waals surface area contributed by atoms with E-state index in [-0.39, 0.29) is 12.5 Å². The lowest BCUT2D eigenvalue weighted by Gasteiger charge is -2.40. The van der Waals surface area contributed by atoms with E-state index in [4.69, 9.17) is 9.47 Å². The van der Waals surface area contributed by atoms with Gasteiger partial charge in [-0.25, -0.2) is 0 Å². The molecule has 1 saturated heterocycles. The number of unbranched alkanes of at least 4 members (excludes halogenated alkanes) is 6. The average Bonchev–Trinajstić information content (AvgIpc) is 3.20. The summed E-state index contributed by atoms with van der Waals surface area (Å²) in [6, 6.07) is -0.822. The Balaban J connectivity index is 2.20. The van der Waals surface area contributed by atoms with Crippen LogP contribution >= 0.6 is 0 Å². The highest BCUT2D eigenvalue weighted by atomic mass is 16.7. The average molecular weight is 782 g/mol. The highest BCUT2D eigenvalue weighted by Gasteiger charge is 2.44. The van der Waals surface area contributed by atoms with Crippen LogP contribution in [0.1, 0.15) is 123 Å². The summed E-state index contributed by atoms with van der Waals surface area (Å²) in [4.78, 5) is 12.8. The third kappa shape index (κ3) is 26.7. The maximum atomic E-state index is 12.8. The molecule has 0 radical (unpaired) electrons. The molecule has 0 bridgehead atoms. The van der Waals surface area contributed by atoms with Crippen molar-refractivity contribution in [3.63, 3.8) is 0 Å². The van der Waals surface area contributed by atoms with E-state index in [0.717, 1.165) is 103 Å². The number of aliphatic hydroxyl groups is 5. The number of amides is 1. The van der Waals surface area contributed by atoms with Crippen molar-refractivity contribution in [2.45, 2.75) is 166 Å². The van der Waals surface area contributed by atoms with Crippen molar-refractivity contribution in [3.05, 3.63) is 109 Å². The predicted molar refractivity (Wildman–Crippen MR) is 230 cm³/mol. The molecule has 9 heteroatoms. The van der Waals surface area contributed by atoms with Crippen molar-refractivity contribution in [2.75, 3.05) is 13.2 Å². The fourth-order valence-corrected chi connectivity index (χ4v) is 5.68. The summed E-state index contributed by atoms with van der Waals surface area (Å²) in [5, 5.41) is 53.4. The molecule has 0 aliphatic carbocycles. The van der Waals surface area contributed by atoms with E-state index in [9.17, 15) is 30.3 Å². The van der Waals surface area contributed by atoms with Crippen molar-refractivity contribution in [1.82, 2.24) is 5.32 Å². The van der Waals surface area contributed by atoms with Gasteiger partial charge in [0.15, 0.2) is 6.29 Å². The maximum Gasteiger partial charge on any atom is 0.220 e. The second-order valence-corrected chi connectivity index (χ2v) is 14.0. The van der Waals surface area contributed by atoms with Crippen LogP contribution in [0, 0.1) is 0 Å². The Morgan fingerprint density at radius 3 is 1.61 bits per heavy atom. The largest absolute Gasteiger partial charge is 0.394 e. The molecular weight excluding hydrogens is 707 g/mol. The van der Waals surface area contributed by atoms with Gasteiger partial charge in [-0.05, 0) is 77.0 Å². The van der Waals surface area contributed by atoms with E-state index in [2.05, 4.69) is 116 Å². The number of allylic oxidation sites excluding steroid dienone is 17. The van der Waals surface area contributed by atoms with Crippen LogP contribution in [-0.4, -0.2) is 87.5 Å². The van der Waals surface area contributed by atoms with E-state index in [1.54, 1.807) is 6.08 Å². The van der Waals surface area contributed by atoms with Gasteiger partial charge in [-0.15, -0.1) is 0 Å². The highest BCUT2D eigenvalue weighted by molar-refractivity contribution is 5.76. The molecule has 0 spiro atoms. The summed E-state index contributed by atoms with van der Waals surface area (Å²) in [5.41, 5.74) is 0. The molecule has 1 rings (SSSR count). The molecule has 1 fully saturated rings. The minimum Gasteiger partial charge on any atom is -0.394 e. The van der Waals surface area contributed by atoms with Crippen molar-refractivity contribution in [3.8, 4) is 0 Å². The highest BCUT2D eigenvalue weighted by Crippen LogP contribution is 2.22. The number of hydrogen-bond donors (Lipinski definition) is 6. The van der Waals surface area contributed by atoms with Gasteiger partial charge in [0.1, 0.15) is 24.4 Å². The Bertz CT molecular complexity index is 1230. The first kappa shape index (κ1) is 50.9. The van der Waals surface area contributed by atoms with Gasteiger partial charge in [0.25, 0.3) is 0 Å². The first-order valence-corrected chi connectivity index (χ1v) is 21.1. The predicted octanol–water partition coefficient (Wildman–Crippen LogP) is 8.33. The van der Waals surface area contributed by atoms with E-state index in [0.29, 0.717) is 6.42 Å². The van der Waals surface area contributed by atoms with Crippen LogP contribution in [0.3, 0.4) is 0 Å². The van der Waals surface area contributed by atoms with Gasteiger partial charge in [-0.2, -0.15) is 0 Å². The van der Waals surface area contributed by atoms with Gasteiger partial charge in [0.05, 0.1) is 25.4 Å². The molecule has 1 heterocycles. The third-order valence-corrected chi connectivity index (χ3v) is 9.10. The molecule has 0 saturated carbocycles. The van der Waals surface area contributed by atoms with Crippen molar-refractivity contribution in [1.29, 1.82) is 0 Å². The van der Waals surface area contributed by atoms with Gasteiger partial charge in [0.2, 0.25) is 5.91 Å². The summed E-state index contributed by atoms with van der Waals surface area (Å²) >= 11 is 0.